The fraction of sp³-hybridized carbons (Fsp3) is 0.385. The molecule has 1 fully saturated rings. The molecule has 220 valence electrons. The van der Waals surface area contributed by atoms with Crippen LogP contribution in [0.5, 0.6) is 5.88 Å². The SMILES string of the molecule is CCn1cc(C(F)(F)F)nc1-c1ccc(CN2C(=O)CCn3nc(-c4c(OC(F)F)ncnc4C4CC4)nc32)cc1F. The van der Waals surface area contributed by atoms with Crippen LogP contribution in [0.4, 0.5) is 32.3 Å². The summed E-state index contributed by atoms with van der Waals surface area (Å²) in [5, 5.41) is 4.43. The highest BCUT2D eigenvalue weighted by atomic mass is 19.4. The molecule has 0 spiro atoms. The number of ether oxygens (including phenoxy) is 1. The number of carbonyl (C=O) groups excluding carboxylic acids is 1. The van der Waals surface area contributed by atoms with Gasteiger partial charge in [-0.15, -0.1) is 5.10 Å². The molecule has 0 unspecified atom stereocenters. The molecule has 2 aliphatic rings. The number of aromatic nitrogens is 7. The highest BCUT2D eigenvalue weighted by Gasteiger charge is 2.36. The zero-order chi connectivity index (χ0) is 29.8. The zero-order valence-corrected chi connectivity index (χ0v) is 21.9. The van der Waals surface area contributed by atoms with E-state index < -0.39 is 24.3 Å². The summed E-state index contributed by atoms with van der Waals surface area (Å²) >= 11 is 0. The zero-order valence-electron chi connectivity index (χ0n) is 21.9. The van der Waals surface area contributed by atoms with Crippen molar-refractivity contribution < 1.29 is 35.9 Å². The van der Waals surface area contributed by atoms with Crippen LogP contribution in [0, 0.1) is 5.82 Å². The van der Waals surface area contributed by atoms with Crippen molar-refractivity contribution in [2.75, 3.05) is 4.90 Å². The van der Waals surface area contributed by atoms with Crippen molar-refractivity contribution in [1.29, 1.82) is 0 Å². The number of hydrogen-bond donors (Lipinski definition) is 0. The molecule has 6 rings (SSSR count). The monoisotopic (exact) mass is 592 g/mol. The van der Waals surface area contributed by atoms with Crippen LogP contribution >= 0.6 is 0 Å². The van der Waals surface area contributed by atoms with Crippen LogP contribution in [-0.4, -0.2) is 46.8 Å². The van der Waals surface area contributed by atoms with E-state index in [1.54, 1.807) is 6.92 Å². The third-order valence-corrected chi connectivity index (χ3v) is 6.99. The van der Waals surface area contributed by atoms with Gasteiger partial charge in [-0.05, 0) is 37.5 Å². The fourth-order valence-electron chi connectivity index (χ4n) is 4.86. The minimum atomic E-state index is -4.69. The van der Waals surface area contributed by atoms with Crippen LogP contribution in [-0.2, 0) is 30.6 Å². The van der Waals surface area contributed by atoms with E-state index in [2.05, 4.69) is 29.8 Å². The number of rotatable bonds is 8. The number of anilines is 1. The molecule has 0 atom stereocenters. The molecule has 1 saturated carbocycles. The molecule has 0 bridgehead atoms. The van der Waals surface area contributed by atoms with E-state index in [4.69, 9.17) is 0 Å². The molecule has 4 aromatic rings. The molecule has 10 nitrogen and oxygen atoms in total. The van der Waals surface area contributed by atoms with Crippen molar-refractivity contribution in [2.24, 2.45) is 0 Å². The lowest BCUT2D eigenvalue weighted by Gasteiger charge is -2.26. The standard InChI is InChI=1S/C26H22F6N8O2/c1-2-38-11-17(26(30,31)32)35-22(38)15-6-3-13(9-16(15)27)10-39-18(41)7-8-40-25(39)36-21(37-40)19-20(14-4-5-14)33-12-34-23(19)42-24(28)29/h3,6,9,11-12,14,24H,2,4-5,7-8,10H2,1H3. The number of aryl methyl sites for hydroxylation is 2. The van der Waals surface area contributed by atoms with E-state index in [9.17, 15) is 26.7 Å². The van der Waals surface area contributed by atoms with Crippen molar-refractivity contribution in [3.8, 4) is 28.7 Å². The van der Waals surface area contributed by atoms with Gasteiger partial charge < -0.3 is 9.30 Å². The number of benzene rings is 1. The number of hydrogen-bond acceptors (Lipinski definition) is 7. The third-order valence-electron chi connectivity index (χ3n) is 6.99. The van der Waals surface area contributed by atoms with Gasteiger partial charge in [0.25, 0.3) is 0 Å². The Morgan fingerprint density at radius 1 is 1.14 bits per heavy atom. The highest BCUT2D eigenvalue weighted by molar-refractivity contribution is 5.93. The number of imidazole rings is 1. The van der Waals surface area contributed by atoms with Gasteiger partial charge in [0.15, 0.2) is 11.5 Å². The first-order valence-electron chi connectivity index (χ1n) is 13.0. The molecule has 0 saturated heterocycles. The largest absolute Gasteiger partial charge is 0.434 e. The normalized spacial score (nSPS) is 15.4. The number of alkyl halides is 5. The number of halogens is 6. The maximum atomic E-state index is 15.2. The van der Waals surface area contributed by atoms with Crippen LogP contribution in [0.3, 0.4) is 0 Å². The van der Waals surface area contributed by atoms with E-state index in [0.29, 0.717) is 11.3 Å². The minimum Gasteiger partial charge on any atom is -0.416 e. The number of carbonyl (C=O) groups is 1. The lowest BCUT2D eigenvalue weighted by molar-refractivity contribution is -0.140. The Balaban J connectivity index is 1.33. The van der Waals surface area contributed by atoms with Crippen molar-refractivity contribution in [2.45, 2.75) is 64.5 Å². The molecule has 16 heteroatoms. The number of nitrogens with zero attached hydrogens (tertiary/aromatic N) is 8. The first-order valence-corrected chi connectivity index (χ1v) is 13.0. The Labute approximate surface area is 234 Å². The van der Waals surface area contributed by atoms with Gasteiger partial charge in [-0.1, -0.05) is 6.07 Å². The summed E-state index contributed by atoms with van der Waals surface area (Å²) in [4.78, 5) is 30.4. The van der Waals surface area contributed by atoms with Gasteiger partial charge in [0.1, 0.15) is 23.5 Å². The van der Waals surface area contributed by atoms with Gasteiger partial charge in [0.05, 0.1) is 24.3 Å². The predicted molar refractivity (Wildman–Crippen MR) is 134 cm³/mol. The molecule has 0 N–H and O–H groups in total. The van der Waals surface area contributed by atoms with Crippen molar-refractivity contribution in [3.63, 3.8) is 0 Å². The van der Waals surface area contributed by atoms with Crippen molar-refractivity contribution in [3.05, 3.63) is 53.5 Å². The summed E-state index contributed by atoms with van der Waals surface area (Å²) in [6.45, 7) is -1.36. The average Bonchev–Trinajstić information content (AvgIpc) is 3.53. The second kappa shape index (κ2) is 10.4. The van der Waals surface area contributed by atoms with E-state index in [-0.39, 0.29) is 72.5 Å². The van der Waals surface area contributed by atoms with Crippen LogP contribution in [0.2, 0.25) is 0 Å². The van der Waals surface area contributed by atoms with Crippen LogP contribution in [0.15, 0.2) is 30.7 Å². The molecule has 1 aromatic carbocycles. The maximum absolute atomic E-state index is 15.2. The summed E-state index contributed by atoms with van der Waals surface area (Å²) in [6.07, 6.45) is -1.08. The van der Waals surface area contributed by atoms with Crippen LogP contribution in [0.25, 0.3) is 22.8 Å². The first-order chi connectivity index (χ1) is 20.0. The lowest BCUT2D eigenvalue weighted by atomic mass is 10.1. The lowest BCUT2D eigenvalue weighted by Crippen LogP contribution is -2.37. The van der Waals surface area contributed by atoms with E-state index >= 15 is 4.39 Å². The van der Waals surface area contributed by atoms with Gasteiger partial charge >= 0.3 is 12.8 Å². The molecular formula is C26H22F6N8O2. The molecule has 1 aliphatic heterocycles. The van der Waals surface area contributed by atoms with Gasteiger partial charge in [-0.25, -0.2) is 24.0 Å². The highest BCUT2D eigenvalue weighted by Crippen LogP contribution is 2.45. The summed E-state index contributed by atoms with van der Waals surface area (Å²) in [5.74, 6) is -1.58. The van der Waals surface area contributed by atoms with E-state index in [1.807, 2.05) is 0 Å². The Bertz CT molecular complexity index is 1660. The van der Waals surface area contributed by atoms with Crippen LogP contribution < -0.4 is 9.64 Å². The maximum Gasteiger partial charge on any atom is 0.434 e. The Kier molecular flexibility index (Phi) is 6.85. The predicted octanol–water partition coefficient (Wildman–Crippen LogP) is 5.19. The van der Waals surface area contributed by atoms with Gasteiger partial charge in [0.2, 0.25) is 17.7 Å². The van der Waals surface area contributed by atoms with Crippen molar-refractivity contribution >= 4 is 11.9 Å². The summed E-state index contributed by atoms with van der Waals surface area (Å²) < 4.78 is 88.4. The average molecular weight is 593 g/mol. The second-order valence-corrected chi connectivity index (χ2v) is 9.83. The topological polar surface area (TPSA) is 104 Å². The minimum absolute atomic E-state index is 0.0104. The second-order valence-electron chi connectivity index (χ2n) is 9.83. The van der Waals surface area contributed by atoms with Gasteiger partial charge in [-0.3, -0.25) is 9.69 Å². The Morgan fingerprint density at radius 2 is 1.93 bits per heavy atom. The molecule has 1 aliphatic carbocycles. The summed E-state index contributed by atoms with van der Waals surface area (Å²) in [6, 6.07) is 3.90. The number of amides is 1. The fourth-order valence-corrected chi connectivity index (χ4v) is 4.86. The van der Waals surface area contributed by atoms with Gasteiger partial charge in [0, 0.05) is 25.1 Å². The first kappa shape index (κ1) is 27.7. The third kappa shape index (κ3) is 5.16. The molecule has 4 heterocycles. The molecule has 42 heavy (non-hydrogen) atoms. The van der Waals surface area contributed by atoms with Gasteiger partial charge in [-0.2, -0.15) is 26.9 Å². The Hall–Kier alpha value is -4.50. The molecule has 0 radical (unpaired) electrons. The Morgan fingerprint density at radius 3 is 2.60 bits per heavy atom. The molecule has 3 aromatic heterocycles. The van der Waals surface area contributed by atoms with Crippen LogP contribution in [0.1, 0.15) is 49.1 Å². The van der Waals surface area contributed by atoms with E-state index in [0.717, 1.165) is 31.4 Å². The quantitative estimate of drug-likeness (QED) is 0.260. The summed E-state index contributed by atoms with van der Waals surface area (Å²) in [7, 11) is 0. The smallest absolute Gasteiger partial charge is 0.416 e. The molecular weight excluding hydrogens is 570 g/mol. The molecule has 1 amide bonds. The number of fused-ring (bicyclic) bond motifs is 1. The summed E-state index contributed by atoms with van der Waals surface area (Å²) in [5.41, 5.74) is -0.341. The van der Waals surface area contributed by atoms with E-state index in [1.165, 1.54) is 26.3 Å². The van der Waals surface area contributed by atoms with Crippen molar-refractivity contribution in [1.82, 2.24) is 34.3 Å².